The number of halogens is 1. The molecule has 0 aliphatic carbocycles. The molecule has 1 amide bonds. The summed E-state index contributed by atoms with van der Waals surface area (Å²) in [5.41, 5.74) is 6.97. The van der Waals surface area contributed by atoms with E-state index in [0.717, 1.165) is 17.1 Å². The van der Waals surface area contributed by atoms with Crippen LogP contribution in [0, 0.1) is 5.41 Å². The summed E-state index contributed by atoms with van der Waals surface area (Å²) in [7, 11) is 1.88. The molecular weight excluding hydrogens is 330 g/mol. The van der Waals surface area contributed by atoms with Gasteiger partial charge in [-0.15, -0.1) is 22.6 Å². The summed E-state index contributed by atoms with van der Waals surface area (Å²) in [6.07, 6.45) is 2.95. The molecular formula is C16H22ClN5O2. The van der Waals surface area contributed by atoms with Crippen LogP contribution in [0.2, 0.25) is 0 Å². The number of rotatable bonds is 4. The van der Waals surface area contributed by atoms with Gasteiger partial charge < -0.3 is 20.4 Å². The number of aryl methyl sites for hydroxylation is 1. The zero-order valence-electron chi connectivity index (χ0n) is 13.6. The highest BCUT2D eigenvalue weighted by Crippen LogP contribution is 2.31. The monoisotopic (exact) mass is 351 g/mol. The van der Waals surface area contributed by atoms with Crippen LogP contribution in [0.3, 0.4) is 0 Å². The first-order valence-electron chi connectivity index (χ1n) is 7.68. The second kappa shape index (κ2) is 7.74. The van der Waals surface area contributed by atoms with Gasteiger partial charge in [-0.25, -0.2) is 0 Å². The van der Waals surface area contributed by atoms with Crippen molar-refractivity contribution in [2.75, 3.05) is 25.1 Å². The number of nitrogens with zero attached hydrogens (tertiary/aromatic N) is 3. The number of ether oxygens (including phenoxy) is 1. The van der Waals surface area contributed by atoms with Crippen LogP contribution in [-0.4, -0.2) is 40.4 Å². The Morgan fingerprint density at radius 3 is 2.79 bits per heavy atom. The van der Waals surface area contributed by atoms with Gasteiger partial charge in [0.2, 0.25) is 5.91 Å². The third-order valence-electron chi connectivity index (χ3n) is 4.41. The lowest BCUT2D eigenvalue weighted by molar-refractivity contribution is -0.130. The molecule has 0 radical (unpaired) electrons. The Kier molecular flexibility index (Phi) is 5.93. The minimum Gasteiger partial charge on any atom is -0.381 e. The lowest BCUT2D eigenvalue weighted by Gasteiger charge is -2.34. The lowest BCUT2D eigenvalue weighted by Crippen LogP contribution is -2.46. The van der Waals surface area contributed by atoms with Gasteiger partial charge in [0.25, 0.3) is 0 Å². The average Bonchev–Trinajstić information content (AvgIpc) is 3.01. The Labute approximate surface area is 147 Å². The number of amides is 1. The molecule has 8 heteroatoms. The number of carbonyl (C=O) groups is 1. The highest BCUT2D eigenvalue weighted by molar-refractivity contribution is 5.96. The van der Waals surface area contributed by atoms with Crippen LogP contribution in [0.1, 0.15) is 12.8 Å². The number of aromatic nitrogens is 3. The van der Waals surface area contributed by atoms with E-state index in [1.807, 2.05) is 35.9 Å². The second-order valence-corrected chi connectivity index (χ2v) is 5.90. The maximum absolute atomic E-state index is 12.7. The lowest BCUT2D eigenvalue weighted by atomic mass is 9.79. The van der Waals surface area contributed by atoms with Crippen molar-refractivity contribution < 1.29 is 9.53 Å². The standard InChI is InChI=1S/C16H21N5O2.ClH/c1-21-11-18-20-14(21)12-3-2-4-13(9-12)19-15(22)16(10-17)5-7-23-8-6-16;/h2-4,9,11H,5-8,10,17H2,1H3,(H,19,22);1H. The number of carbonyl (C=O) groups excluding carboxylic acids is 1. The summed E-state index contributed by atoms with van der Waals surface area (Å²) in [6, 6.07) is 7.58. The molecule has 1 aliphatic heterocycles. The molecule has 0 bridgehead atoms. The molecule has 130 valence electrons. The predicted molar refractivity (Wildman–Crippen MR) is 93.9 cm³/mol. The van der Waals surface area contributed by atoms with Crippen molar-refractivity contribution in [3.05, 3.63) is 30.6 Å². The van der Waals surface area contributed by atoms with Crippen molar-refractivity contribution in [2.24, 2.45) is 18.2 Å². The van der Waals surface area contributed by atoms with Crippen molar-refractivity contribution in [2.45, 2.75) is 12.8 Å². The molecule has 3 rings (SSSR count). The Bertz CT molecular complexity index is 697. The van der Waals surface area contributed by atoms with E-state index in [4.69, 9.17) is 10.5 Å². The van der Waals surface area contributed by atoms with Crippen LogP contribution < -0.4 is 11.1 Å². The number of nitrogens with two attached hydrogens (primary N) is 1. The minimum atomic E-state index is -0.543. The van der Waals surface area contributed by atoms with E-state index in [1.54, 1.807) is 6.33 Å². The summed E-state index contributed by atoms with van der Waals surface area (Å²) in [4.78, 5) is 12.7. The molecule has 0 saturated carbocycles. The van der Waals surface area contributed by atoms with Crippen LogP contribution in [0.15, 0.2) is 30.6 Å². The van der Waals surface area contributed by atoms with E-state index in [9.17, 15) is 4.79 Å². The van der Waals surface area contributed by atoms with Gasteiger partial charge in [0.1, 0.15) is 6.33 Å². The summed E-state index contributed by atoms with van der Waals surface area (Å²) >= 11 is 0. The highest BCUT2D eigenvalue weighted by atomic mass is 35.5. The largest absolute Gasteiger partial charge is 0.381 e. The first kappa shape index (κ1) is 18.4. The molecule has 2 aromatic rings. The van der Waals surface area contributed by atoms with Crippen LogP contribution >= 0.6 is 12.4 Å². The molecule has 1 aliphatic rings. The molecule has 1 saturated heterocycles. The van der Waals surface area contributed by atoms with E-state index in [0.29, 0.717) is 32.6 Å². The van der Waals surface area contributed by atoms with Gasteiger partial charge in [-0.05, 0) is 25.0 Å². The third kappa shape index (κ3) is 3.58. The van der Waals surface area contributed by atoms with Crippen molar-refractivity contribution in [1.82, 2.24) is 14.8 Å². The van der Waals surface area contributed by atoms with Crippen LogP contribution in [0.4, 0.5) is 5.69 Å². The van der Waals surface area contributed by atoms with Gasteiger partial charge in [0.05, 0.1) is 5.41 Å². The maximum Gasteiger partial charge on any atom is 0.232 e. The Balaban J connectivity index is 0.00000208. The SMILES string of the molecule is Cl.Cn1cnnc1-c1cccc(NC(=O)C2(CN)CCOCC2)c1. The van der Waals surface area contributed by atoms with Gasteiger partial charge >= 0.3 is 0 Å². The number of benzene rings is 1. The van der Waals surface area contributed by atoms with E-state index < -0.39 is 5.41 Å². The summed E-state index contributed by atoms with van der Waals surface area (Å²) in [6.45, 7) is 1.47. The predicted octanol–water partition coefficient (Wildman–Crippen LogP) is 1.60. The van der Waals surface area contributed by atoms with Crippen molar-refractivity contribution in [3.8, 4) is 11.4 Å². The molecule has 1 aromatic carbocycles. The Morgan fingerprint density at radius 2 is 2.17 bits per heavy atom. The first-order chi connectivity index (χ1) is 11.1. The molecule has 0 atom stereocenters. The van der Waals surface area contributed by atoms with Crippen LogP contribution in [0.5, 0.6) is 0 Å². The quantitative estimate of drug-likeness (QED) is 0.872. The van der Waals surface area contributed by atoms with E-state index in [-0.39, 0.29) is 18.3 Å². The molecule has 1 aromatic heterocycles. The smallest absolute Gasteiger partial charge is 0.232 e. The van der Waals surface area contributed by atoms with Gasteiger partial charge in [-0.1, -0.05) is 12.1 Å². The first-order valence-corrected chi connectivity index (χ1v) is 7.68. The molecule has 24 heavy (non-hydrogen) atoms. The van der Waals surface area contributed by atoms with Crippen LogP contribution in [-0.2, 0) is 16.6 Å². The fourth-order valence-corrected chi connectivity index (χ4v) is 2.83. The second-order valence-electron chi connectivity index (χ2n) is 5.90. The highest BCUT2D eigenvalue weighted by Gasteiger charge is 2.38. The number of anilines is 1. The number of nitrogens with one attached hydrogen (secondary N) is 1. The van der Waals surface area contributed by atoms with Gasteiger partial charge in [0.15, 0.2) is 5.82 Å². The maximum atomic E-state index is 12.7. The molecule has 2 heterocycles. The van der Waals surface area contributed by atoms with Crippen molar-refractivity contribution >= 4 is 24.0 Å². The molecule has 3 N–H and O–H groups in total. The fourth-order valence-electron chi connectivity index (χ4n) is 2.83. The zero-order valence-corrected chi connectivity index (χ0v) is 14.4. The molecule has 0 spiro atoms. The minimum absolute atomic E-state index is 0. The normalized spacial score (nSPS) is 16.2. The van der Waals surface area contributed by atoms with E-state index in [1.165, 1.54) is 0 Å². The van der Waals surface area contributed by atoms with Crippen LogP contribution in [0.25, 0.3) is 11.4 Å². The number of hydrogen-bond acceptors (Lipinski definition) is 5. The molecule has 1 fully saturated rings. The van der Waals surface area contributed by atoms with Crippen molar-refractivity contribution in [3.63, 3.8) is 0 Å². The summed E-state index contributed by atoms with van der Waals surface area (Å²) in [5.74, 6) is 0.708. The topological polar surface area (TPSA) is 95.1 Å². The van der Waals surface area contributed by atoms with Gasteiger partial charge in [-0.3, -0.25) is 4.79 Å². The number of hydrogen-bond donors (Lipinski definition) is 2. The zero-order chi connectivity index (χ0) is 16.3. The average molecular weight is 352 g/mol. The molecule has 0 unspecified atom stereocenters. The summed E-state index contributed by atoms with van der Waals surface area (Å²) < 4.78 is 7.19. The fraction of sp³-hybridized carbons (Fsp3) is 0.438. The third-order valence-corrected chi connectivity index (χ3v) is 4.41. The van der Waals surface area contributed by atoms with Crippen molar-refractivity contribution in [1.29, 1.82) is 0 Å². The van der Waals surface area contributed by atoms with Gasteiger partial charge in [0, 0.05) is 38.1 Å². The summed E-state index contributed by atoms with van der Waals surface area (Å²) in [5, 5.41) is 11.0. The Morgan fingerprint density at radius 1 is 1.42 bits per heavy atom. The van der Waals surface area contributed by atoms with Gasteiger partial charge in [-0.2, -0.15) is 0 Å². The van der Waals surface area contributed by atoms with E-state index in [2.05, 4.69) is 15.5 Å². The van der Waals surface area contributed by atoms with E-state index >= 15 is 0 Å². The molecule has 7 nitrogen and oxygen atoms in total. The Hall–Kier alpha value is -1.96.